The van der Waals surface area contributed by atoms with Gasteiger partial charge in [0.1, 0.15) is 102 Å². The number of phenolic OH excluding ortho intramolecular Hbond substituents is 1. The molecule has 0 saturated heterocycles. The number of nitrogens with two attached hydrogens (primary N) is 5. The van der Waals surface area contributed by atoms with E-state index in [1.807, 2.05) is 0 Å². The van der Waals surface area contributed by atoms with Crippen LogP contribution in [0.2, 0.25) is 0 Å². The molecule has 45 heteroatoms. The molecular formula is C74H127N25O20. The standard InChI is InChI=1S/C74H127N25O20/c1-37(58(104)80-32-20-21-33-81-74(78)79)84-59(105)38(2)85-60(106)39(3)89-66(112)45(9)94-72(118)53(23-15-18-30-76)98-69(115)48(12)92-64(110)43(7)87-62(108)41(5)90-67(113)46(10)95-73(119)54(24-16-19-31-77)99-68(114)47(11)91-63(109)42(6)86-61(107)40(4)88-65(111)44(8)93-71(117)52(22-14-17-29-75)97-57(103)36-82-56(102)35-83-70(116)55(96-49(13)100)34-50-25-27-51(101)28-26-50/h25-28,37-48,52-55,101H,14-24,29-36,75-77H2,1-13H3,(H,80,104)(H,82,102)(H,83,116)(H,84,105)(H,85,106)(H,86,107)(H,87,108)(H,88,111)(H,89,112)(H,90,113)(H,91,109)(H,92,110)(H,93,117)(H,94,118)(H,95,119)(H,96,100)(H,97,103)(H,98,115)(H,99,114)(H4,78,79,81)/t37-,38-,39-,40-,41-,42-,43-,44-,45-,46-,47-,48-,52-,53-,54-,55-/m0/s1. The van der Waals surface area contributed by atoms with Gasteiger partial charge in [0.2, 0.25) is 112 Å². The van der Waals surface area contributed by atoms with E-state index in [4.69, 9.17) is 28.7 Å². The van der Waals surface area contributed by atoms with Crippen LogP contribution in [0, 0.1) is 0 Å². The van der Waals surface area contributed by atoms with Crippen molar-refractivity contribution >= 4 is 118 Å². The number of rotatable bonds is 55. The maximum Gasteiger partial charge on any atom is 0.243 e. The summed E-state index contributed by atoms with van der Waals surface area (Å²) in [4.78, 5) is 254. The lowest BCUT2D eigenvalue weighted by molar-refractivity contribution is -0.135. The molecule has 1 aromatic carbocycles. The molecule has 0 unspecified atom stereocenters. The second-order valence-electron chi connectivity index (χ2n) is 28.8. The molecule has 1 rings (SSSR count). The van der Waals surface area contributed by atoms with Crippen LogP contribution in [0.4, 0.5) is 0 Å². The Labute approximate surface area is 691 Å². The van der Waals surface area contributed by atoms with E-state index in [2.05, 4.69) is 106 Å². The Balaban J connectivity index is 2.83. The Bertz CT molecular complexity index is 3640. The minimum atomic E-state index is -1.34. The zero-order chi connectivity index (χ0) is 90.3. The second-order valence-corrected chi connectivity index (χ2v) is 28.8. The summed E-state index contributed by atoms with van der Waals surface area (Å²) in [5.41, 5.74) is 28.2. The van der Waals surface area contributed by atoms with E-state index in [-0.39, 0.29) is 57.0 Å². The van der Waals surface area contributed by atoms with Gasteiger partial charge >= 0.3 is 0 Å². The van der Waals surface area contributed by atoms with Crippen molar-refractivity contribution in [1.82, 2.24) is 101 Å². The fourth-order valence-corrected chi connectivity index (χ4v) is 10.6. The summed E-state index contributed by atoms with van der Waals surface area (Å²) >= 11 is 0. The molecule has 0 aliphatic rings. The maximum atomic E-state index is 13.7. The van der Waals surface area contributed by atoms with Gasteiger partial charge in [0, 0.05) is 26.4 Å². The minimum Gasteiger partial charge on any atom is -0.508 e. The smallest absolute Gasteiger partial charge is 0.243 e. The van der Waals surface area contributed by atoms with Crippen molar-refractivity contribution in [1.29, 1.82) is 0 Å². The van der Waals surface area contributed by atoms with Crippen LogP contribution in [0.25, 0.3) is 0 Å². The molecule has 0 spiro atoms. The van der Waals surface area contributed by atoms with Crippen LogP contribution in [0.5, 0.6) is 5.75 Å². The molecule has 45 nitrogen and oxygen atoms in total. The van der Waals surface area contributed by atoms with Crippen molar-refractivity contribution in [2.24, 2.45) is 33.7 Å². The summed E-state index contributed by atoms with van der Waals surface area (Å²) in [5, 5.41) is 56.4. The molecule has 0 saturated carbocycles. The first-order valence-electron chi connectivity index (χ1n) is 39.4. The van der Waals surface area contributed by atoms with E-state index in [0.29, 0.717) is 70.0 Å². The zero-order valence-electron chi connectivity index (χ0n) is 70.0. The van der Waals surface area contributed by atoms with Crippen LogP contribution in [0.1, 0.15) is 166 Å². The Kier molecular flexibility index (Phi) is 49.2. The fraction of sp³-hybridized carbons (Fsp3) is 0.649. The molecule has 0 bridgehead atoms. The number of aromatic hydroxyl groups is 1. The molecule has 0 aliphatic heterocycles. The van der Waals surface area contributed by atoms with Gasteiger partial charge in [-0.25, -0.2) is 0 Å². The van der Waals surface area contributed by atoms with E-state index >= 15 is 0 Å². The third-order valence-electron chi connectivity index (χ3n) is 17.9. The first-order valence-corrected chi connectivity index (χ1v) is 39.4. The highest BCUT2D eigenvalue weighted by molar-refractivity contribution is 6.01. The summed E-state index contributed by atoms with van der Waals surface area (Å²) in [6.07, 6.45) is 3.66. The van der Waals surface area contributed by atoms with E-state index in [0.717, 1.165) is 0 Å². The fourth-order valence-electron chi connectivity index (χ4n) is 10.6. The molecule has 668 valence electrons. The molecule has 16 atom stereocenters. The largest absolute Gasteiger partial charge is 0.508 e. The van der Waals surface area contributed by atoms with Gasteiger partial charge in [0.25, 0.3) is 0 Å². The van der Waals surface area contributed by atoms with Gasteiger partial charge in [-0.2, -0.15) is 0 Å². The zero-order valence-corrected chi connectivity index (χ0v) is 70.0. The van der Waals surface area contributed by atoms with Crippen molar-refractivity contribution in [3.8, 4) is 5.75 Å². The Morgan fingerprint density at radius 1 is 0.303 bits per heavy atom. The Morgan fingerprint density at radius 2 is 0.580 bits per heavy atom. The molecule has 1 aromatic rings. The van der Waals surface area contributed by atoms with Crippen LogP contribution in [0.3, 0.4) is 0 Å². The third kappa shape index (κ3) is 42.7. The summed E-state index contributed by atoms with van der Waals surface area (Å²) in [6.45, 7) is 17.2. The third-order valence-corrected chi connectivity index (χ3v) is 17.9. The quantitative estimate of drug-likeness (QED) is 0.0164. The lowest BCUT2D eigenvalue weighted by Crippen LogP contribution is -2.59. The van der Waals surface area contributed by atoms with Crippen LogP contribution in [-0.4, -0.2) is 266 Å². The first kappa shape index (κ1) is 105. The monoisotopic (exact) mass is 1690 g/mol. The van der Waals surface area contributed by atoms with Crippen LogP contribution in [-0.2, 0) is 97.5 Å². The lowest BCUT2D eigenvalue weighted by atomic mass is 10.0. The van der Waals surface area contributed by atoms with Gasteiger partial charge in [0.05, 0.1) is 13.1 Å². The number of nitrogens with one attached hydrogen (secondary N) is 19. The second kappa shape index (κ2) is 55.7. The number of benzene rings is 1. The maximum absolute atomic E-state index is 13.7. The number of aliphatic imine (C=N–C) groups is 1. The summed E-state index contributed by atoms with van der Waals surface area (Å²) in [5.74, 6) is -15.0. The van der Waals surface area contributed by atoms with Crippen molar-refractivity contribution in [2.45, 2.75) is 264 Å². The number of carbonyl (C=O) groups excluding carboxylic acids is 19. The number of nitrogens with zero attached hydrogens (tertiary/aromatic N) is 1. The Morgan fingerprint density at radius 3 is 0.874 bits per heavy atom. The van der Waals surface area contributed by atoms with E-state index in [1.165, 1.54) is 102 Å². The average Bonchev–Trinajstić information content (AvgIpc) is 0.881. The predicted molar refractivity (Wildman–Crippen MR) is 434 cm³/mol. The number of hydrogen-bond donors (Lipinski definition) is 25. The summed E-state index contributed by atoms with van der Waals surface area (Å²) in [7, 11) is 0. The average molecular weight is 1690 g/mol. The number of carbonyl (C=O) groups is 19. The van der Waals surface area contributed by atoms with Gasteiger partial charge in [-0.3, -0.25) is 96.1 Å². The number of phenols is 1. The van der Waals surface area contributed by atoms with Crippen molar-refractivity contribution in [2.75, 3.05) is 45.8 Å². The summed E-state index contributed by atoms with van der Waals surface area (Å²) in [6, 6.07) is -14.1. The van der Waals surface area contributed by atoms with Crippen LogP contribution >= 0.6 is 0 Å². The highest BCUT2D eigenvalue weighted by atomic mass is 16.3. The van der Waals surface area contributed by atoms with Gasteiger partial charge < -0.3 is 135 Å². The SMILES string of the molecule is CC(=O)N[C@@H](Cc1ccc(O)cc1)C(=O)NCC(=O)NCC(=O)N[C@@H](CCCCN)C(=O)N[C@@H](C)C(=O)N[C@@H](C)C(=O)N[C@@H](C)C(=O)N[C@@H](C)C(=O)N[C@@H](CCCCN)C(=O)N[C@@H](C)C(=O)N[C@@H](C)C(=O)N[C@@H](C)C(=O)N[C@@H](C)C(=O)N[C@@H](CCCCN)C(=O)N[C@@H](C)C(=O)N[C@@H](C)C(=O)N[C@@H](C)C(=O)N[C@@H](C)C(=O)NCCCCN=C(N)N. The topological polar surface area (TPSA) is 716 Å². The minimum absolute atomic E-state index is 0.00667. The van der Waals surface area contributed by atoms with Crippen molar-refractivity contribution in [3.63, 3.8) is 0 Å². The predicted octanol–water partition coefficient (Wildman–Crippen LogP) is -9.26. The van der Waals surface area contributed by atoms with Crippen molar-refractivity contribution < 1.29 is 96.2 Å². The molecule has 30 N–H and O–H groups in total. The molecule has 0 heterocycles. The first-order chi connectivity index (χ1) is 55.8. The molecule has 0 aliphatic carbocycles. The molecular weight excluding hydrogens is 1560 g/mol. The van der Waals surface area contributed by atoms with E-state index < -0.39 is 222 Å². The van der Waals surface area contributed by atoms with Gasteiger partial charge in [-0.15, -0.1) is 0 Å². The van der Waals surface area contributed by atoms with E-state index in [9.17, 15) is 96.2 Å². The van der Waals surface area contributed by atoms with Crippen LogP contribution < -0.4 is 130 Å². The molecule has 119 heavy (non-hydrogen) atoms. The number of amides is 19. The Hall–Kier alpha value is -11.9. The lowest BCUT2D eigenvalue weighted by Gasteiger charge is -2.25. The number of guanidine groups is 1. The molecule has 0 aromatic heterocycles. The van der Waals surface area contributed by atoms with Gasteiger partial charge in [0.15, 0.2) is 5.96 Å². The number of unbranched alkanes of at least 4 members (excludes halogenated alkanes) is 4. The molecule has 19 amide bonds. The highest BCUT2D eigenvalue weighted by Gasteiger charge is 2.34. The van der Waals surface area contributed by atoms with Crippen molar-refractivity contribution in [3.05, 3.63) is 29.8 Å². The van der Waals surface area contributed by atoms with Gasteiger partial charge in [-0.05, 0) is 191 Å². The van der Waals surface area contributed by atoms with Crippen LogP contribution in [0.15, 0.2) is 29.3 Å². The van der Waals surface area contributed by atoms with E-state index in [1.54, 1.807) is 12.1 Å². The summed E-state index contributed by atoms with van der Waals surface area (Å²) < 4.78 is 0. The number of hydrogen-bond acceptors (Lipinski definition) is 24. The van der Waals surface area contributed by atoms with Gasteiger partial charge in [-0.1, -0.05) is 12.1 Å². The molecule has 0 fully saturated rings. The normalized spacial score (nSPS) is 14.9. The highest BCUT2D eigenvalue weighted by Crippen LogP contribution is 2.13. The molecule has 0 radical (unpaired) electrons.